The Morgan fingerprint density at radius 2 is 2.05 bits per heavy atom. The van der Waals surface area contributed by atoms with Crippen molar-refractivity contribution < 1.29 is 22.6 Å². The minimum Gasteiger partial charge on any atom is -0.404 e. The number of epoxide rings is 1. The number of rotatable bonds is 3. The van der Waals surface area contributed by atoms with E-state index in [0.717, 1.165) is 6.07 Å². The van der Waals surface area contributed by atoms with Crippen LogP contribution in [0.5, 0.6) is 5.75 Å². The van der Waals surface area contributed by atoms with Gasteiger partial charge in [0.15, 0.2) is 10.9 Å². The topological polar surface area (TPSA) is 85.8 Å². The number of hydrogen-bond acceptors (Lipinski definition) is 4. The number of nitrogens with two attached hydrogens (primary N) is 2. The lowest BCUT2D eigenvalue weighted by molar-refractivity contribution is -0.274. The van der Waals surface area contributed by atoms with Crippen molar-refractivity contribution in [1.29, 1.82) is 0 Å². The van der Waals surface area contributed by atoms with Crippen LogP contribution in [0.4, 0.5) is 18.9 Å². The maximum atomic E-state index is 12.2. The summed E-state index contributed by atoms with van der Waals surface area (Å²) in [5, 5.41) is 2.25. The van der Waals surface area contributed by atoms with Gasteiger partial charge < -0.3 is 26.3 Å². The van der Waals surface area contributed by atoms with Gasteiger partial charge in [-0.3, -0.25) is 0 Å². The molecule has 1 heterocycles. The molecule has 2 unspecified atom stereocenters. The van der Waals surface area contributed by atoms with Gasteiger partial charge in [-0.25, -0.2) is 0 Å². The smallest absolute Gasteiger partial charge is 0.404 e. The molecule has 0 bridgehead atoms. The Morgan fingerprint density at radius 1 is 1.42 bits per heavy atom. The predicted molar refractivity (Wildman–Crippen MR) is 65.3 cm³/mol. The van der Waals surface area contributed by atoms with Crippen molar-refractivity contribution in [2.75, 3.05) is 5.32 Å². The minimum atomic E-state index is -4.80. The molecule has 0 aliphatic carbocycles. The zero-order valence-electron chi connectivity index (χ0n) is 9.40. The molecule has 1 aromatic carbocycles. The van der Waals surface area contributed by atoms with Crippen LogP contribution in [0.1, 0.15) is 11.7 Å². The summed E-state index contributed by atoms with van der Waals surface area (Å²) in [4.78, 5) is 0. The first-order valence-electron chi connectivity index (χ1n) is 5.13. The highest BCUT2D eigenvalue weighted by Crippen LogP contribution is 2.39. The Bertz CT molecular complexity index is 509. The summed E-state index contributed by atoms with van der Waals surface area (Å²) in [6.45, 7) is 0. The highest BCUT2D eigenvalue weighted by Gasteiger charge is 2.38. The van der Waals surface area contributed by atoms with Crippen LogP contribution in [0.25, 0.3) is 0 Å². The molecule has 19 heavy (non-hydrogen) atoms. The Kier molecular flexibility index (Phi) is 3.52. The summed E-state index contributed by atoms with van der Waals surface area (Å²) in [5.74, 6) is -0.432. The fourth-order valence-electron chi connectivity index (χ4n) is 1.56. The molecule has 0 saturated carbocycles. The molecule has 1 aliphatic rings. The van der Waals surface area contributed by atoms with Crippen molar-refractivity contribution in [2.45, 2.75) is 18.7 Å². The molecule has 0 spiro atoms. The molecule has 0 aromatic heterocycles. The molecular formula is C10H10F3N3O2S. The van der Waals surface area contributed by atoms with E-state index in [1.54, 1.807) is 0 Å². The van der Waals surface area contributed by atoms with E-state index in [1.165, 1.54) is 12.1 Å². The van der Waals surface area contributed by atoms with Gasteiger partial charge in [0.1, 0.15) is 12.3 Å². The Morgan fingerprint density at radius 3 is 2.53 bits per heavy atom. The highest BCUT2D eigenvalue weighted by atomic mass is 32.1. The van der Waals surface area contributed by atoms with Crippen LogP contribution in [0.2, 0.25) is 0 Å². The number of ether oxygens (including phenoxy) is 2. The van der Waals surface area contributed by atoms with Crippen molar-refractivity contribution >= 4 is 23.0 Å². The SMILES string of the molecule is NC(=S)Nc1cc(C2OC2N)ccc1OC(F)(F)F. The van der Waals surface area contributed by atoms with E-state index in [2.05, 4.69) is 22.3 Å². The number of hydrogen-bond donors (Lipinski definition) is 3. The van der Waals surface area contributed by atoms with Crippen LogP contribution in [0.3, 0.4) is 0 Å². The maximum Gasteiger partial charge on any atom is 0.573 e. The summed E-state index contributed by atoms with van der Waals surface area (Å²) >= 11 is 4.60. The normalized spacial score (nSPS) is 21.9. The number of nitrogens with one attached hydrogen (secondary N) is 1. The Balaban J connectivity index is 2.28. The number of benzene rings is 1. The van der Waals surface area contributed by atoms with E-state index >= 15 is 0 Å². The third-order valence-electron chi connectivity index (χ3n) is 2.34. The van der Waals surface area contributed by atoms with Crippen molar-refractivity contribution in [2.24, 2.45) is 11.5 Å². The molecule has 0 radical (unpaired) electrons. The molecule has 2 atom stereocenters. The zero-order valence-corrected chi connectivity index (χ0v) is 10.2. The summed E-state index contributed by atoms with van der Waals surface area (Å²) in [6, 6.07) is 3.99. The molecule has 104 valence electrons. The summed E-state index contributed by atoms with van der Waals surface area (Å²) in [5.41, 5.74) is 11.4. The van der Waals surface area contributed by atoms with Gasteiger partial charge in [-0.15, -0.1) is 13.2 Å². The van der Waals surface area contributed by atoms with E-state index in [4.69, 9.17) is 16.2 Å². The second-order valence-corrected chi connectivity index (χ2v) is 4.25. The monoisotopic (exact) mass is 293 g/mol. The van der Waals surface area contributed by atoms with Gasteiger partial charge in [-0.2, -0.15) is 0 Å². The summed E-state index contributed by atoms with van der Waals surface area (Å²) in [7, 11) is 0. The van der Waals surface area contributed by atoms with Crippen molar-refractivity contribution in [3.8, 4) is 5.75 Å². The molecule has 1 saturated heterocycles. The first-order valence-corrected chi connectivity index (χ1v) is 5.54. The molecule has 1 fully saturated rings. The van der Waals surface area contributed by atoms with Gasteiger partial charge in [0.25, 0.3) is 0 Å². The lowest BCUT2D eigenvalue weighted by Crippen LogP contribution is -2.22. The van der Waals surface area contributed by atoms with E-state index in [1.807, 2.05) is 0 Å². The van der Waals surface area contributed by atoms with Crippen LogP contribution in [0.15, 0.2) is 18.2 Å². The van der Waals surface area contributed by atoms with Crippen LogP contribution >= 0.6 is 12.2 Å². The quantitative estimate of drug-likeness (QED) is 0.580. The average Bonchev–Trinajstić information content (AvgIpc) is 2.95. The van der Waals surface area contributed by atoms with Crippen LogP contribution in [-0.4, -0.2) is 17.7 Å². The third-order valence-corrected chi connectivity index (χ3v) is 2.44. The van der Waals surface area contributed by atoms with Gasteiger partial charge >= 0.3 is 6.36 Å². The van der Waals surface area contributed by atoms with Gasteiger partial charge in [0.2, 0.25) is 0 Å². The fourth-order valence-corrected chi connectivity index (χ4v) is 1.67. The molecule has 1 aliphatic heterocycles. The highest BCUT2D eigenvalue weighted by molar-refractivity contribution is 7.80. The van der Waals surface area contributed by atoms with Crippen LogP contribution in [0, 0.1) is 0 Å². The molecular weight excluding hydrogens is 283 g/mol. The predicted octanol–water partition coefficient (Wildman–Crippen LogP) is 1.60. The second-order valence-electron chi connectivity index (χ2n) is 3.81. The maximum absolute atomic E-state index is 12.2. The van der Waals surface area contributed by atoms with Gasteiger partial charge in [0, 0.05) is 0 Å². The van der Waals surface area contributed by atoms with Crippen LogP contribution < -0.4 is 21.5 Å². The largest absolute Gasteiger partial charge is 0.573 e. The minimum absolute atomic E-state index is 0.00465. The first-order chi connectivity index (χ1) is 8.76. The molecule has 5 nitrogen and oxygen atoms in total. The average molecular weight is 293 g/mol. The Labute approximate surface area is 111 Å². The van der Waals surface area contributed by atoms with Gasteiger partial charge in [0.05, 0.1) is 5.69 Å². The molecule has 0 amide bonds. The number of alkyl halides is 3. The zero-order chi connectivity index (χ0) is 14.2. The summed E-state index contributed by atoms with van der Waals surface area (Å²) < 4.78 is 45.6. The van der Waals surface area contributed by atoms with Gasteiger partial charge in [-0.1, -0.05) is 6.07 Å². The second kappa shape index (κ2) is 4.83. The van der Waals surface area contributed by atoms with Crippen molar-refractivity contribution in [3.05, 3.63) is 23.8 Å². The number of halogens is 3. The fraction of sp³-hybridized carbons (Fsp3) is 0.300. The van der Waals surface area contributed by atoms with E-state index in [-0.39, 0.29) is 16.9 Å². The molecule has 2 rings (SSSR count). The standard InChI is InChI=1S/C10H10F3N3O2S/c11-10(12,13)18-6-2-1-4(7-8(14)17-7)3-5(6)16-9(15)19/h1-3,7-8H,14H2,(H3,15,16,19). The van der Waals surface area contributed by atoms with E-state index < -0.39 is 18.3 Å². The van der Waals surface area contributed by atoms with Crippen molar-refractivity contribution in [1.82, 2.24) is 0 Å². The first kappa shape index (κ1) is 13.8. The van der Waals surface area contributed by atoms with E-state index in [9.17, 15) is 13.2 Å². The third kappa shape index (κ3) is 3.69. The molecule has 5 N–H and O–H groups in total. The number of anilines is 1. The van der Waals surface area contributed by atoms with Crippen LogP contribution in [-0.2, 0) is 4.74 Å². The Hall–Kier alpha value is -1.58. The van der Waals surface area contributed by atoms with E-state index in [0.29, 0.717) is 5.56 Å². The lowest BCUT2D eigenvalue weighted by atomic mass is 10.1. The number of thiocarbonyl (C=S) groups is 1. The molecule has 1 aromatic rings. The summed E-state index contributed by atoms with van der Waals surface area (Å²) in [6.07, 6.45) is -5.60. The van der Waals surface area contributed by atoms with Gasteiger partial charge in [-0.05, 0) is 29.9 Å². The van der Waals surface area contributed by atoms with Crippen molar-refractivity contribution in [3.63, 3.8) is 0 Å². The molecule has 9 heteroatoms. The lowest BCUT2D eigenvalue weighted by Gasteiger charge is -2.14.